The molecule has 3 aromatic heterocycles. The van der Waals surface area contributed by atoms with E-state index in [-0.39, 0.29) is 5.82 Å². The number of rotatable bonds is 5. The molecule has 4 aromatic rings. The fourth-order valence-electron chi connectivity index (χ4n) is 2.71. The molecule has 0 fully saturated rings. The molecule has 0 atom stereocenters. The van der Waals surface area contributed by atoms with Gasteiger partial charge < -0.3 is 9.73 Å². The van der Waals surface area contributed by atoms with Crippen molar-refractivity contribution in [2.45, 2.75) is 13.5 Å². The van der Waals surface area contributed by atoms with Gasteiger partial charge in [-0.15, -0.1) is 11.3 Å². The molecule has 1 aromatic carbocycles. The quantitative estimate of drug-likeness (QED) is 0.505. The van der Waals surface area contributed by atoms with Crippen molar-refractivity contribution in [1.82, 2.24) is 9.97 Å². The lowest BCUT2D eigenvalue weighted by Gasteiger charge is -2.08. The molecule has 130 valence electrons. The second kappa shape index (κ2) is 7.09. The van der Waals surface area contributed by atoms with Crippen LogP contribution in [0.25, 0.3) is 21.1 Å². The Labute approximate surface area is 154 Å². The number of pyridine rings is 1. The van der Waals surface area contributed by atoms with Gasteiger partial charge in [-0.2, -0.15) is 0 Å². The smallest absolute Gasteiger partial charge is 0.181 e. The average Bonchev–Trinajstić information content (AvgIpc) is 3.31. The summed E-state index contributed by atoms with van der Waals surface area (Å²) in [5.41, 5.74) is 3.87. The number of aryl methyl sites for hydroxylation is 1. The van der Waals surface area contributed by atoms with E-state index < -0.39 is 0 Å². The fourth-order valence-corrected chi connectivity index (χ4v) is 3.84. The summed E-state index contributed by atoms with van der Waals surface area (Å²) in [7, 11) is 0. The van der Waals surface area contributed by atoms with Crippen molar-refractivity contribution >= 4 is 17.0 Å². The Morgan fingerprint density at radius 3 is 2.69 bits per heavy atom. The van der Waals surface area contributed by atoms with E-state index in [0.717, 1.165) is 21.9 Å². The number of benzene rings is 1. The third-order valence-corrected chi connectivity index (χ3v) is 5.38. The van der Waals surface area contributed by atoms with E-state index in [1.54, 1.807) is 29.8 Å². The molecule has 0 spiro atoms. The van der Waals surface area contributed by atoms with Crippen LogP contribution in [0.3, 0.4) is 0 Å². The number of thiophene rings is 1. The van der Waals surface area contributed by atoms with Crippen LogP contribution in [-0.4, -0.2) is 9.97 Å². The molecule has 0 radical (unpaired) electrons. The number of nitrogens with one attached hydrogen (secondary N) is 1. The lowest BCUT2D eigenvalue weighted by Crippen LogP contribution is -2.01. The van der Waals surface area contributed by atoms with Crippen molar-refractivity contribution in [2.75, 3.05) is 5.32 Å². The van der Waals surface area contributed by atoms with E-state index in [4.69, 9.17) is 4.42 Å². The van der Waals surface area contributed by atoms with Gasteiger partial charge in [0.15, 0.2) is 12.2 Å². The number of oxazole rings is 1. The Morgan fingerprint density at radius 1 is 1.12 bits per heavy atom. The van der Waals surface area contributed by atoms with Crippen molar-refractivity contribution in [3.05, 3.63) is 78.3 Å². The Morgan fingerprint density at radius 2 is 1.96 bits per heavy atom. The zero-order valence-corrected chi connectivity index (χ0v) is 14.9. The molecule has 26 heavy (non-hydrogen) atoms. The number of hydrogen-bond acceptors (Lipinski definition) is 5. The summed E-state index contributed by atoms with van der Waals surface area (Å²) in [6.07, 6.45) is 5.98. The Bertz CT molecular complexity index is 1010. The maximum absolute atomic E-state index is 13.6. The predicted octanol–water partition coefficient (Wildman–Crippen LogP) is 5.52. The first-order valence-electron chi connectivity index (χ1n) is 8.13. The molecular weight excluding hydrogens is 349 g/mol. The minimum absolute atomic E-state index is 0.300. The van der Waals surface area contributed by atoms with Crippen LogP contribution in [-0.2, 0) is 6.54 Å². The van der Waals surface area contributed by atoms with Crippen LogP contribution in [0.5, 0.6) is 0 Å². The predicted molar refractivity (Wildman–Crippen MR) is 102 cm³/mol. The second-order valence-electron chi connectivity index (χ2n) is 5.89. The van der Waals surface area contributed by atoms with Crippen molar-refractivity contribution < 1.29 is 8.81 Å². The van der Waals surface area contributed by atoms with E-state index in [1.165, 1.54) is 23.0 Å². The summed E-state index contributed by atoms with van der Waals surface area (Å²) in [5.74, 6) is 0.479. The zero-order valence-electron chi connectivity index (χ0n) is 14.1. The van der Waals surface area contributed by atoms with Gasteiger partial charge >= 0.3 is 0 Å². The number of anilines is 1. The van der Waals surface area contributed by atoms with Crippen molar-refractivity contribution in [3.8, 4) is 21.1 Å². The largest absolute Gasteiger partial charge is 0.443 e. The van der Waals surface area contributed by atoms with Crippen LogP contribution in [0.2, 0.25) is 0 Å². The van der Waals surface area contributed by atoms with Gasteiger partial charge in [0, 0.05) is 28.9 Å². The number of halogens is 1. The molecule has 1 N–H and O–H groups in total. The molecule has 4 nitrogen and oxygen atoms in total. The van der Waals surface area contributed by atoms with E-state index in [1.807, 2.05) is 12.1 Å². The van der Waals surface area contributed by atoms with Crippen LogP contribution < -0.4 is 5.32 Å². The summed E-state index contributed by atoms with van der Waals surface area (Å²) in [5, 5.41) is 3.24. The first-order chi connectivity index (χ1) is 12.7. The van der Waals surface area contributed by atoms with E-state index in [2.05, 4.69) is 40.4 Å². The minimum atomic E-state index is -0.300. The van der Waals surface area contributed by atoms with Gasteiger partial charge in [0.05, 0.1) is 17.3 Å². The standard InChI is InChI=1S/C20H16FN3OS/c1-13-8-19(18-11-23-12-25-18)26-20(13)14-2-4-16(5-3-14)24-9-15-6-7-22-10-17(15)21/h2-8,10-12,24H,9H2,1H3. The number of aromatic nitrogens is 2. The molecule has 0 aliphatic heterocycles. The van der Waals surface area contributed by atoms with Gasteiger partial charge in [-0.05, 0) is 42.3 Å². The molecule has 0 saturated heterocycles. The van der Waals surface area contributed by atoms with Gasteiger partial charge in [-0.3, -0.25) is 4.98 Å². The first-order valence-corrected chi connectivity index (χ1v) is 8.94. The lowest BCUT2D eigenvalue weighted by molar-refractivity contribution is 0.573. The van der Waals surface area contributed by atoms with Gasteiger partial charge in [-0.1, -0.05) is 12.1 Å². The molecular formula is C20H16FN3OS. The van der Waals surface area contributed by atoms with Gasteiger partial charge in [0.25, 0.3) is 0 Å². The second-order valence-corrected chi connectivity index (χ2v) is 6.94. The Balaban J connectivity index is 1.50. The molecule has 0 bridgehead atoms. The highest BCUT2D eigenvalue weighted by Crippen LogP contribution is 2.38. The highest BCUT2D eigenvalue weighted by atomic mass is 32.1. The number of hydrogen-bond donors (Lipinski definition) is 1. The molecule has 0 aliphatic carbocycles. The van der Waals surface area contributed by atoms with Crippen molar-refractivity contribution in [1.29, 1.82) is 0 Å². The van der Waals surface area contributed by atoms with Crippen LogP contribution in [0.15, 0.2) is 65.8 Å². The maximum atomic E-state index is 13.6. The topological polar surface area (TPSA) is 51.0 Å². The van der Waals surface area contributed by atoms with E-state index in [9.17, 15) is 4.39 Å². The van der Waals surface area contributed by atoms with Gasteiger partial charge in [0.2, 0.25) is 0 Å². The lowest BCUT2D eigenvalue weighted by atomic mass is 10.1. The molecule has 0 saturated carbocycles. The van der Waals surface area contributed by atoms with Crippen LogP contribution >= 0.6 is 11.3 Å². The molecule has 0 amide bonds. The third-order valence-electron chi connectivity index (χ3n) is 4.08. The van der Waals surface area contributed by atoms with Crippen LogP contribution in [0.1, 0.15) is 11.1 Å². The molecule has 0 unspecified atom stereocenters. The summed E-state index contributed by atoms with van der Waals surface area (Å²) in [6, 6.07) is 11.9. The molecule has 4 rings (SSSR count). The zero-order chi connectivity index (χ0) is 17.9. The number of nitrogens with zero attached hydrogens (tertiary/aromatic N) is 2. The minimum Gasteiger partial charge on any atom is -0.443 e. The normalized spacial score (nSPS) is 10.8. The summed E-state index contributed by atoms with van der Waals surface area (Å²) in [4.78, 5) is 9.99. The highest BCUT2D eigenvalue weighted by Gasteiger charge is 2.11. The van der Waals surface area contributed by atoms with E-state index in [0.29, 0.717) is 12.1 Å². The molecule has 0 aliphatic rings. The van der Waals surface area contributed by atoms with Gasteiger partial charge in [-0.25, -0.2) is 9.37 Å². The molecule has 6 heteroatoms. The highest BCUT2D eigenvalue weighted by molar-refractivity contribution is 7.19. The Kier molecular flexibility index (Phi) is 4.50. The Hall–Kier alpha value is -2.99. The summed E-state index contributed by atoms with van der Waals surface area (Å²) < 4.78 is 19.0. The van der Waals surface area contributed by atoms with Crippen molar-refractivity contribution in [3.63, 3.8) is 0 Å². The van der Waals surface area contributed by atoms with Crippen molar-refractivity contribution in [2.24, 2.45) is 0 Å². The summed E-state index contributed by atoms with van der Waals surface area (Å²) in [6.45, 7) is 2.51. The fraction of sp³-hybridized carbons (Fsp3) is 0.100. The van der Waals surface area contributed by atoms with E-state index >= 15 is 0 Å². The monoisotopic (exact) mass is 365 g/mol. The van der Waals surface area contributed by atoms with Gasteiger partial charge in [0.1, 0.15) is 5.82 Å². The average molecular weight is 365 g/mol. The third kappa shape index (κ3) is 3.36. The molecule has 3 heterocycles. The summed E-state index contributed by atoms with van der Waals surface area (Å²) >= 11 is 1.68. The van der Waals surface area contributed by atoms with Crippen LogP contribution in [0.4, 0.5) is 10.1 Å². The first kappa shape index (κ1) is 16.5. The SMILES string of the molecule is Cc1cc(-c2cnco2)sc1-c1ccc(NCc2ccncc2F)cc1. The maximum Gasteiger partial charge on any atom is 0.181 e. The van der Waals surface area contributed by atoms with Crippen LogP contribution in [0, 0.1) is 12.7 Å².